The standard InChI is InChI=1S/C16H16FNO/c17-14-9-4-10-18-15(14)16(19)13-8-2-1-7-12(13)11-5-3-6-11/h1-2,4,7-11,16,19H,3,5-6H2. The van der Waals surface area contributed by atoms with Gasteiger partial charge >= 0.3 is 0 Å². The SMILES string of the molecule is OC(c1ccccc1C1CCC1)c1ncccc1F. The molecule has 1 fully saturated rings. The van der Waals surface area contributed by atoms with E-state index in [-0.39, 0.29) is 5.69 Å². The predicted octanol–water partition coefficient (Wildman–Crippen LogP) is 3.57. The summed E-state index contributed by atoms with van der Waals surface area (Å²) in [5.41, 5.74) is 2.02. The molecule has 2 aromatic rings. The van der Waals surface area contributed by atoms with Crippen molar-refractivity contribution in [3.05, 3.63) is 65.2 Å². The molecule has 2 nitrogen and oxygen atoms in total. The maximum absolute atomic E-state index is 13.7. The van der Waals surface area contributed by atoms with Crippen LogP contribution in [0.5, 0.6) is 0 Å². The number of halogens is 1. The van der Waals surface area contributed by atoms with Crippen LogP contribution in [0.15, 0.2) is 42.6 Å². The number of hydrogen-bond donors (Lipinski definition) is 1. The van der Waals surface area contributed by atoms with Crippen molar-refractivity contribution in [3.63, 3.8) is 0 Å². The maximum atomic E-state index is 13.7. The van der Waals surface area contributed by atoms with Crippen LogP contribution in [0.1, 0.15) is 48.1 Å². The van der Waals surface area contributed by atoms with E-state index in [9.17, 15) is 9.50 Å². The summed E-state index contributed by atoms with van der Waals surface area (Å²) in [7, 11) is 0. The predicted molar refractivity (Wildman–Crippen MR) is 71.3 cm³/mol. The second kappa shape index (κ2) is 5.10. The number of hydrogen-bond acceptors (Lipinski definition) is 2. The van der Waals surface area contributed by atoms with Crippen molar-refractivity contribution in [3.8, 4) is 0 Å². The number of aliphatic hydroxyl groups excluding tert-OH is 1. The van der Waals surface area contributed by atoms with Crippen molar-refractivity contribution in [1.82, 2.24) is 4.98 Å². The number of nitrogens with zero attached hydrogens (tertiary/aromatic N) is 1. The van der Waals surface area contributed by atoms with Crippen molar-refractivity contribution < 1.29 is 9.50 Å². The van der Waals surface area contributed by atoms with Crippen LogP contribution in [0.3, 0.4) is 0 Å². The van der Waals surface area contributed by atoms with Gasteiger partial charge < -0.3 is 5.11 Å². The highest BCUT2D eigenvalue weighted by Gasteiger charge is 2.26. The molecule has 1 aliphatic carbocycles. The third-order valence-corrected chi connectivity index (χ3v) is 3.88. The first-order chi connectivity index (χ1) is 9.27. The van der Waals surface area contributed by atoms with Gasteiger partial charge in [0.25, 0.3) is 0 Å². The minimum absolute atomic E-state index is 0.106. The van der Waals surface area contributed by atoms with Gasteiger partial charge in [0.1, 0.15) is 17.6 Å². The van der Waals surface area contributed by atoms with E-state index in [1.807, 2.05) is 24.3 Å². The van der Waals surface area contributed by atoms with E-state index in [0.29, 0.717) is 5.92 Å². The molecule has 1 atom stereocenters. The maximum Gasteiger partial charge on any atom is 0.147 e. The van der Waals surface area contributed by atoms with Crippen molar-refractivity contribution in [2.45, 2.75) is 31.3 Å². The molecular formula is C16H16FNO. The summed E-state index contributed by atoms with van der Waals surface area (Å²) in [6, 6.07) is 10.6. The van der Waals surface area contributed by atoms with E-state index in [1.54, 1.807) is 0 Å². The van der Waals surface area contributed by atoms with Gasteiger partial charge in [0.2, 0.25) is 0 Å². The molecule has 1 aromatic heterocycles. The Morgan fingerprint density at radius 2 is 1.95 bits per heavy atom. The van der Waals surface area contributed by atoms with Crippen molar-refractivity contribution in [1.29, 1.82) is 0 Å². The van der Waals surface area contributed by atoms with Gasteiger partial charge in [-0.1, -0.05) is 30.7 Å². The molecule has 0 amide bonds. The first-order valence-electron chi connectivity index (χ1n) is 6.64. The highest BCUT2D eigenvalue weighted by Crippen LogP contribution is 2.40. The molecule has 1 unspecified atom stereocenters. The molecule has 98 valence electrons. The van der Waals surface area contributed by atoms with Crippen LogP contribution < -0.4 is 0 Å². The van der Waals surface area contributed by atoms with Crippen LogP contribution in [0.4, 0.5) is 4.39 Å². The zero-order chi connectivity index (χ0) is 13.2. The third kappa shape index (κ3) is 2.26. The van der Waals surface area contributed by atoms with E-state index >= 15 is 0 Å². The van der Waals surface area contributed by atoms with Crippen LogP contribution in [0, 0.1) is 5.82 Å². The second-order valence-electron chi connectivity index (χ2n) is 5.03. The van der Waals surface area contributed by atoms with Gasteiger partial charge in [-0.25, -0.2) is 4.39 Å². The van der Waals surface area contributed by atoms with Crippen LogP contribution in [-0.4, -0.2) is 10.1 Å². The average Bonchev–Trinajstić information content (AvgIpc) is 2.37. The molecule has 1 N–H and O–H groups in total. The number of pyridine rings is 1. The minimum atomic E-state index is -0.988. The van der Waals surface area contributed by atoms with Crippen LogP contribution in [0.2, 0.25) is 0 Å². The Balaban J connectivity index is 2.00. The molecule has 1 aromatic carbocycles. The fourth-order valence-electron chi connectivity index (χ4n) is 2.60. The normalized spacial score (nSPS) is 16.9. The lowest BCUT2D eigenvalue weighted by atomic mass is 9.77. The van der Waals surface area contributed by atoms with Crippen molar-refractivity contribution >= 4 is 0 Å². The zero-order valence-corrected chi connectivity index (χ0v) is 10.6. The minimum Gasteiger partial charge on any atom is -0.382 e. The molecular weight excluding hydrogens is 241 g/mol. The van der Waals surface area contributed by atoms with Gasteiger partial charge in [0, 0.05) is 6.20 Å². The fraction of sp³-hybridized carbons (Fsp3) is 0.312. The van der Waals surface area contributed by atoms with Gasteiger partial charge in [-0.2, -0.15) is 0 Å². The molecule has 1 heterocycles. The summed E-state index contributed by atoms with van der Waals surface area (Å²) < 4.78 is 13.7. The van der Waals surface area contributed by atoms with Crippen molar-refractivity contribution in [2.24, 2.45) is 0 Å². The van der Waals surface area contributed by atoms with Gasteiger partial charge in [-0.3, -0.25) is 4.98 Å². The largest absolute Gasteiger partial charge is 0.382 e. The van der Waals surface area contributed by atoms with Gasteiger partial charge in [-0.15, -0.1) is 0 Å². The Morgan fingerprint density at radius 3 is 2.63 bits per heavy atom. The summed E-state index contributed by atoms with van der Waals surface area (Å²) in [4.78, 5) is 3.97. The molecule has 0 saturated heterocycles. The zero-order valence-electron chi connectivity index (χ0n) is 10.6. The highest BCUT2D eigenvalue weighted by molar-refractivity contribution is 5.37. The summed E-state index contributed by atoms with van der Waals surface area (Å²) in [5, 5.41) is 10.4. The Kier molecular flexibility index (Phi) is 3.30. The first kappa shape index (κ1) is 12.3. The molecule has 0 radical (unpaired) electrons. The van der Waals surface area contributed by atoms with Gasteiger partial charge in [0.15, 0.2) is 0 Å². The molecule has 0 bridgehead atoms. The topological polar surface area (TPSA) is 33.1 Å². The third-order valence-electron chi connectivity index (χ3n) is 3.88. The number of benzene rings is 1. The number of rotatable bonds is 3. The van der Waals surface area contributed by atoms with Gasteiger partial charge in [0.05, 0.1) is 0 Å². The van der Waals surface area contributed by atoms with Crippen molar-refractivity contribution in [2.75, 3.05) is 0 Å². The van der Waals surface area contributed by atoms with Crippen LogP contribution in [0.25, 0.3) is 0 Å². The summed E-state index contributed by atoms with van der Waals surface area (Å²) in [6.45, 7) is 0. The molecule has 3 heteroatoms. The summed E-state index contributed by atoms with van der Waals surface area (Å²) in [5.74, 6) is 0.0380. The Morgan fingerprint density at radius 1 is 1.16 bits per heavy atom. The van der Waals surface area contributed by atoms with E-state index in [0.717, 1.165) is 24.0 Å². The molecule has 0 aliphatic heterocycles. The number of aromatic nitrogens is 1. The Labute approximate surface area is 111 Å². The lowest BCUT2D eigenvalue weighted by Gasteiger charge is -2.29. The molecule has 0 spiro atoms. The van der Waals surface area contributed by atoms with Gasteiger partial charge in [-0.05, 0) is 42.0 Å². The molecule has 19 heavy (non-hydrogen) atoms. The number of aliphatic hydroxyl groups is 1. The van der Waals surface area contributed by atoms with E-state index < -0.39 is 11.9 Å². The average molecular weight is 257 g/mol. The lowest BCUT2D eigenvalue weighted by Crippen LogP contribution is -2.14. The molecule has 1 aliphatic rings. The first-order valence-corrected chi connectivity index (χ1v) is 6.64. The fourth-order valence-corrected chi connectivity index (χ4v) is 2.60. The Hall–Kier alpha value is -1.74. The highest BCUT2D eigenvalue weighted by atomic mass is 19.1. The lowest BCUT2D eigenvalue weighted by molar-refractivity contribution is 0.206. The van der Waals surface area contributed by atoms with E-state index in [4.69, 9.17) is 0 Å². The smallest absolute Gasteiger partial charge is 0.147 e. The molecule has 1 saturated carbocycles. The molecule has 3 rings (SSSR count). The van der Waals surface area contributed by atoms with E-state index in [2.05, 4.69) is 4.98 Å². The summed E-state index contributed by atoms with van der Waals surface area (Å²) >= 11 is 0. The van der Waals surface area contributed by atoms with Crippen LogP contribution in [-0.2, 0) is 0 Å². The van der Waals surface area contributed by atoms with Crippen LogP contribution >= 0.6 is 0 Å². The second-order valence-corrected chi connectivity index (χ2v) is 5.03. The Bertz CT molecular complexity index is 580. The summed E-state index contributed by atoms with van der Waals surface area (Å²) in [6.07, 6.45) is 4.04. The van der Waals surface area contributed by atoms with E-state index in [1.165, 1.54) is 24.8 Å². The quantitative estimate of drug-likeness (QED) is 0.911. The monoisotopic (exact) mass is 257 g/mol.